The molecule has 1 aliphatic rings. The third-order valence-electron chi connectivity index (χ3n) is 4.24. The van der Waals surface area contributed by atoms with Crippen LogP contribution < -0.4 is 0 Å². The van der Waals surface area contributed by atoms with Crippen molar-refractivity contribution < 1.29 is 14.7 Å². The van der Waals surface area contributed by atoms with Crippen LogP contribution in [0.3, 0.4) is 0 Å². The number of pyridine rings is 1. The van der Waals surface area contributed by atoms with E-state index in [1.165, 1.54) is 0 Å². The van der Waals surface area contributed by atoms with Crippen LogP contribution in [0.2, 0.25) is 0 Å². The number of hydrogen-bond donors (Lipinski definition) is 1. The molecule has 2 rings (SSSR count). The standard InChI is InChI=1S/C17H25N3O3/c1-2-10-19(13-8-15-5-3-4-9-18-15)17(23)20-11-6-14(7-12-20)16(21)22/h3-5,9,14H,2,6-8,10-13H2,1H3,(H,21,22). The number of aromatic nitrogens is 1. The minimum atomic E-state index is -0.752. The fourth-order valence-electron chi connectivity index (χ4n) is 2.89. The highest BCUT2D eigenvalue weighted by Crippen LogP contribution is 2.18. The van der Waals surface area contributed by atoms with Gasteiger partial charge in [-0.05, 0) is 31.4 Å². The predicted molar refractivity (Wildman–Crippen MR) is 87.1 cm³/mol. The van der Waals surface area contributed by atoms with Crippen molar-refractivity contribution in [3.05, 3.63) is 30.1 Å². The summed E-state index contributed by atoms with van der Waals surface area (Å²) in [5, 5.41) is 9.05. The molecule has 1 aromatic heterocycles. The van der Waals surface area contributed by atoms with E-state index in [0.717, 1.165) is 18.5 Å². The highest BCUT2D eigenvalue weighted by Gasteiger charge is 2.29. The average Bonchev–Trinajstić information content (AvgIpc) is 2.59. The molecule has 1 saturated heterocycles. The lowest BCUT2D eigenvalue weighted by Crippen LogP contribution is -2.48. The lowest BCUT2D eigenvalue weighted by atomic mass is 9.97. The molecule has 2 amide bonds. The van der Waals surface area contributed by atoms with E-state index < -0.39 is 5.97 Å². The molecule has 1 aromatic rings. The van der Waals surface area contributed by atoms with Crippen LogP contribution in [0.1, 0.15) is 31.9 Å². The van der Waals surface area contributed by atoms with Gasteiger partial charge in [-0.25, -0.2) is 4.79 Å². The van der Waals surface area contributed by atoms with Gasteiger partial charge < -0.3 is 14.9 Å². The lowest BCUT2D eigenvalue weighted by molar-refractivity contribution is -0.143. The van der Waals surface area contributed by atoms with Crippen molar-refractivity contribution >= 4 is 12.0 Å². The van der Waals surface area contributed by atoms with Crippen molar-refractivity contribution in [2.24, 2.45) is 5.92 Å². The van der Waals surface area contributed by atoms with Crippen LogP contribution >= 0.6 is 0 Å². The Bertz CT molecular complexity index is 513. The number of amides is 2. The molecule has 0 aliphatic carbocycles. The number of nitrogens with zero attached hydrogens (tertiary/aromatic N) is 3. The predicted octanol–water partition coefficient (Wildman–Crippen LogP) is 2.25. The molecule has 6 heteroatoms. The highest BCUT2D eigenvalue weighted by atomic mass is 16.4. The summed E-state index contributed by atoms with van der Waals surface area (Å²) in [4.78, 5) is 31.6. The van der Waals surface area contributed by atoms with E-state index in [9.17, 15) is 9.59 Å². The quantitative estimate of drug-likeness (QED) is 0.873. The van der Waals surface area contributed by atoms with E-state index in [1.54, 1.807) is 11.1 Å². The van der Waals surface area contributed by atoms with Gasteiger partial charge in [-0.2, -0.15) is 0 Å². The van der Waals surface area contributed by atoms with Crippen molar-refractivity contribution in [1.82, 2.24) is 14.8 Å². The van der Waals surface area contributed by atoms with Crippen molar-refractivity contribution in [3.8, 4) is 0 Å². The number of likely N-dealkylation sites (tertiary alicyclic amines) is 1. The molecule has 0 aromatic carbocycles. The number of aliphatic carboxylic acids is 1. The lowest BCUT2D eigenvalue weighted by Gasteiger charge is -2.34. The monoisotopic (exact) mass is 319 g/mol. The molecule has 1 aliphatic heterocycles. The van der Waals surface area contributed by atoms with Gasteiger partial charge in [0.15, 0.2) is 0 Å². The van der Waals surface area contributed by atoms with Gasteiger partial charge in [0.1, 0.15) is 0 Å². The largest absolute Gasteiger partial charge is 0.481 e. The zero-order chi connectivity index (χ0) is 16.7. The van der Waals surface area contributed by atoms with E-state index in [4.69, 9.17) is 5.11 Å². The molecular formula is C17H25N3O3. The number of carbonyl (C=O) groups is 2. The fourth-order valence-corrected chi connectivity index (χ4v) is 2.89. The van der Waals surface area contributed by atoms with E-state index >= 15 is 0 Å². The van der Waals surface area contributed by atoms with Crippen molar-refractivity contribution in [1.29, 1.82) is 0 Å². The summed E-state index contributed by atoms with van der Waals surface area (Å²) in [5.41, 5.74) is 0.978. The molecule has 1 fully saturated rings. The van der Waals surface area contributed by atoms with Crippen LogP contribution in [0, 0.1) is 5.92 Å². The minimum Gasteiger partial charge on any atom is -0.481 e. The third kappa shape index (κ3) is 4.94. The normalized spacial score (nSPS) is 15.4. The van der Waals surface area contributed by atoms with Crippen molar-refractivity contribution in [3.63, 3.8) is 0 Å². The van der Waals surface area contributed by atoms with Gasteiger partial charge in [0, 0.05) is 44.5 Å². The molecule has 0 saturated carbocycles. The maximum Gasteiger partial charge on any atom is 0.320 e. The number of rotatable bonds is 6. The van der Waals surface area contributed by atoms with Gasteiger partial charge in [-0.15, -0.1) is 0 Å². The first-order chi connectivity index (χ1) is 11.1. The van der Waals surface area contributed by atoms with Gasteiger partial charge >= 0.3 is 12.0 Å². The number of carbonyl (C=O) groups excluding carboxylic acids is 1. The molecule has 6 nitrogen and oxygen atoms in total. The molecular weight excluding hydrogens is 294 g/mol. The molecule has 0 spiro atoms. The minimum absolute atomic E-state index is 0.0200. The summed E-state index contributed by atoms with van der Waals surface area (Å²) in [6.07, 6.45) is 4.48. The van der Waals surface area contributed by atoms with Crippen LogP contribution in [0.4, 0.5) is 4.79 Å². The van der Waals surface area contributed by atoms with Gasteiger partial charge in [0.05, 0.1) is 5.92 Å². The van der Waals surface area contributed by atoms with Crippen LogP contribution in [0.5, 0.6) is 0 Å². The molecule has 0 unspecified atom stereocenters. The van der Waals surface area contributed by atoms with E-state index in [2.05, 4.69) is 11.9 Å². The molecule has 0 radical (unpaired) electrons. The summed E-state index contributed by atoms with van der Waals surface area (Å²) in [6, 6.07) is 5.81. The Kier molecular flexibility index (Phi) is 6.38. The SMILES string of the molecule is CCCN(CCc1ccccn1)C(=O)N1CCC(C(=O)O)CC1. The first-order valence-electron chi connectivity index (χ1n) is 8.28. The van der Waals surface area contributed by atoms with Crippen molar-refractivity contribution in [2.75, 3.05) is 26.2 Å². The summed E-state index contributed by atoms with van der Waals surface area (Å²) >= 11 is 0. The Balaban J connectivity index is 1.89. The van der Waals surface area contributed by atoms with Gasteiger partial charge in [-0.3, -0.25) is 9.78 Å². The number of carboxylic acid groups (broad SMARTS) is 1. The topological polar surface area (TPSA) is 73.7 Å². The number of piperidine rings is 1. The fraction of sp³-hybridized carbons (Fsp3) is 0.588. The third-order valence-corrected chi connectivity index (χ3v) is 4.24. The highest BCUT2D eigenvalue weighted by molar-refractivity contribution is 5.75. The van der Waals surface area contributed by atoms with Crippen LogP contribution in [-0.2, 0) is 11.2 Å². The Hall–Kier alpha value is -2.11. The zero-order valence-electron chi connectivity index (χ0n) is 13.6. The maximum atomic E-state index is 12.7. The molecule has 2 heterocycles. The van der Waals surface area contributed by atoms with Gasteiger partial charge in [-0.1, -0.05) is 13.0 Å². The van der Waals surface area contributed by atoms with E-state index in [-0.39, 0.29) is 11.9 Å². The summed E-state index contributed by atoms with van der Waals surface area (Å²) in [7, 11) is 0. The second-order valence-corrected chi connectivity index (χ2v) is 5.94. The van der Waals surface area contributed by atoms with Crippen LogP contribution in [-0.4, -0.2) is 58.1 Å². The Labute approximate surface area is 137 Å². The average molecular weight is 319 g/mol. The van der Waals surface area contributed by atoms with Crippen molar-refractivity contribution in [2.45, 2.75) is 32.6 Å². The summed E-state index contributed by atoms with van der Waals surface area (Å²) in [5.74, 6) is -1.06. The Morgan fingerprint density at radius 1 is 1.30 bits per heavy atom. The van der Waals surface area contributed by atoms with Gasteiger partial charge in [0.2, 0.25) is 0 Å². The zero-order valence-corrected chi connectivity index (χ0v) is 13.6. The Morgan fingerprint density at radius 2 is 2.04 bits per heavy atom. The Morgan fingerprint density at radius 3 is 2.61 bits per heavy atom. The number of hydrogen-bond acceptors (Lipinski definition) is 3. The van der Waals surface area contributed by atoms with Crippen LogP contribution in [0.15, 0.2) is 24.4 Å². The number of urea groups is 1. The molecule has 0 bridgehead atoms. The smallest absolute Gasteiger partial charge is 0.320 e. The second-order valence-electron chi connectivity index (χ2n) is 5.94. The second kappa shape index (κ2) is 8.50. The summed E-state index contributed by atoms with van der Waals surface area (Å²) in [6.45, 7) is 4.46. The first-order valence-corrected chi connectivity index (χ1v) is 8.28. The molecule has 1 N–H and O–H groups in total. The first kappa shape index (κ1) is 17.2. The van der Waals surface area contributed by atoms with Crippen LogP contribution in [0.25, 0.3) is 0 Å². The summed E-state index contributed by atoms with van der Waals surface area (Å²) < 4.78 is 0. The maximum absolute atomic E-state index is 12.7. The molecule has 23 heavy (non-hydrogen) atoms. The van der Waals surface area contributed by atoms with E-state index in [1.807, 2.05) is 23.1 Å². The number of carboxylic acids is 1. The molecule has 126 valence electrons. The molecule has 0 atom stereocenters. The van der Waals surface area contributed by atoms with Gasteiger partial charge in [0.25, 0.3) is 0 Å². The van der Waals surface area contributed by atoms with E-state index in [0.29, 0.717) is 39.0 Å².